The summed E-state index contributed by atoms with van der Waals surface area (Å²) in [5.74, 6) is 1.83. The van der Waals surface area contributed by atoms with Crippen molar-refractivity contribution in [1.82, 2.24) is 0 Å². The minimum absolute atomic E-state index is 0.780. The van der Waals surface area contributed by atoms with E-state index in [1.165, 1.54) is 49.7 Å². The lowest BCUT2D eigenvalue weighted by atomic mass is 9.78. The fourth-order valence-corrected chi connectivity index (χ4v) is 6.98. The van der Waals surface area contributed by atoms with Crippen LogP contribution in [0.1, 0.15) is 38.9 Å². The van der Waals surface area contributed by atoms with Crippen molar-refractivity contribution >= 4 is 16.8 Å². The summed E-state index contributed by atoms with van der Waals surface area (Å²) in [5, 5.41) is 2.52. The highest BCUT2D eigenvalue weighted by atomic mass is 16.5. The summed E-state index contributed by atoms with van der Waals surface area (Å²) in [6, 6.07) is 45.5. The van der Waals surface area contributed by atoms with Crippen molar-refractivity contribution in [3.8, 4) is 22.6 Å². The van der Waals surface area contributed by atoms with Crippen LogP contribution in [0.15, 0.2) is 133 Å². The second-order valence-corrected chi connectivity index (χ2v) is 11.6. The van der Waals surface area contributed by atoms with Gasteiger partial charge in [0.2, 0.25) is 0 Å². The first-order valence-electron chi connectivity index (χ1n) is 15.1. The van der Waals surface area contributed by atoms with E-state index in [4.69, 9.17) is 9.47 Å². The van der Waals surface area contributed by atoms with Crippen molar-refractivity contribution in [3.05, 3.63) is 172 Å². The smallest absolute Gasteiger partial charge is 0.178 e. The molecule has 0 spiro atoms. The maximum absolute atomic E-state index is 7.42. The third kappa shape index (κ3) is 4.25. The van der Waals surface area contributed by atoms with Crippen molar-refractivity contribution in [2.45, 2.75) is 24.9 Å². The van der Waals surface area contributed by atoms with Gasteiger partial charge in [-0.3, -0.25) is 0 Å². The monoisotopic (exact) mass is 556 g/mol. The summed E-state index contributed by atoms with van der Waals surface area (Å²) < 4.78 is 12.9. The zero-order chi connectivity index (χ0) is 28.8. The summed E-state index contributed by atoms with van der Waals surface area (Å²) in [5.41, 5.74) is 10.5. The summed E-state index contributed by atoms with van der Waals surface area (Å²) in [6.45, 7) is 0. The highest BCUT2D eigenvalue weighted by Crippen LogP contribution is 2.51. The third-order valence-corrected chi connectivity index (χ3v) is 9.14. The Balaban J connectivity index is 1.31. The van der Waals surface area contributed by atoms with Gasteiger partial charge in [-0.15, -0.1) is 0 Å². The van der Waals surface area contributed by atoms with Gasteiger partial charge in [-0.1, -0.05) is 115 Å². The van der Waals surface area contributed by atoms with Gasteiger partial charge in [-0.2, -0.15) is 0 Å². The van der Waals surface area contributed by atoms with E-state index in [-0.39, 0.29) is 0 Å². The minimum Gasteiger partial charge on any atom is -0.497 e. The maximum Gasteiger partial charge on any atom is 0.178 e. The van der Waals surface area contributed by atoms with E-state index in [1.807, 2.05) is 12.1 Å². The Morgan fingerprint density at radius 1 is 0.651 bits per heavy atom. The first kappa shape index (κ1) is 25.6. The number of rotatable bonds is 5. The van der Waals surface area contributed by atoms with Crippen molar-refractivity contribution in [1.29, 1.82) is 0 Å². The van der Waals surface area contributed by atoms with Crippen molar-refractivity contribution in [3.63, 3.8) is 0 Å². The van der Waals surface area contributed by atoms with Gasteiger partial charge in [0.15, 0.2) is 5.60 Å². The summed E-state index contributed by atoms with van der Waals surface area (Å²) in [6.07, 6.45) is 7.39. The number of benzene rings is 6. The Morgan fingerprint density at radius 2 is 1.30 bits per heavy atom. The predicted octanol–water partition coefficient (Wildman–Crippen LogP) is 9.55. The molecule has 6 aromatic carbocycles. The number of hydrogen-bond acceptors (Lipinski definition) is 2. The average molecular weight is 557 g/mol. The van der Waals surface area contributed by atoms with Crippen LogP contribution in [-0.2, 0) is 24.9 Å². The van der Waals surface area contributed by atoms with Gasteiger partial charge < -0.3 is 9.47 Å². The van der Waals surface area contributed by atoms with Crippen LogP contribution in [0.25, 0.3) is 28.0 Å². The summed E-state index contributed by atoms with van der Waals surface area (Å²) in [7, 11) is 1.71. The van der Waals surface area contributed by atoms with E-state index in [9.17, 15) is 0 Å². The van der Waals surface area contributed by atoms with E-state index in [1.54, 1.807) is 7.11 Å². The van der Waals surface area contributed by atoms with Gasteiger partial charge in [0.25, 0.3) is 0 Å². The van der Waals surface area contributed by atoms with Crippen LogP contribution in [0.3, 0.4) is 0 Å². The number of ether oxygens (including phenoxy) is 2. The number of methoxy groups -OCH3 is 1. The van der Waals surface area contributed by atoms with Crippen LogP contribution in [0.4, 0.5) is 0 Å². The van der Waals surface area contributed by atoms with E-state index in [0.717, 1.165) is 41.9 Å². The molecular weight excluding hydrogens is 524 g/mol. The number of hydrogen-bond donors (Lipinski definition) is 0. The summed E-state index contributed by atoms with van der Waals surface area (Å²) >= 11 is 0. The van der Waals surface area contributed by atoms with Crippen LogP contribution in [0.2, 0.25) is 0 Å². The lowest BCUT2D eigenvalue weighted by Gasteiger charge is -2.39. The van der Waals surface area contributed by atoms with Gasteiger partial charge in [0.05, 0.1) is 7.11 Å². The lowest BCUT2D eigenvalue weighted by Crippen LogP contribution is -2.35. The Kier molecular flexibility index (Phi) is 6.15. The molecule has 1 unspecified atom stereocenters. The minimum atomic E-state index is -0.780. The molecule has 1 atom stereocenters. The van der Waals surface area contributed by atoms with Crippen molar-refractivity contribution < 1.29 is 9.47 Å². The lowest BCUT2D eigenvalue weighted by molar-refractivity contribution is 0.159. The molecule has 0 fully saturated rings. The fraction of sp³-hybridized carbons (Fsp3) is 0.122. The van der Waals surface area contributed by atoms with Gasteiger partial charge in [0.1, 0.15) is 11.5 Å². The topological polar surface area (TPSA) is 18.5 Å². The molecule has 6 aromatic rings. The molecule has 0 saturated carbocycles. The summed E-state index contributed by atoms with van der Waals surface area (Å²) in [4.78, 5) is 0. The van der Waals surface area contributed by atoms with Gasteiger partial charge >= 0.3 is 0 Å². The molecule has 0 aromatic heterocycles. The highest BCUT2D eigenvalue weighted by Gasteiger charge is 2.39. The van der Waals surface area contributed by atoms with Gasteiger partial charge in [-0.05, 0) is 82.1 Å². The van der Waals surface area contributed by atoms with Crippen LogP contribution < -0.4 is 9.47 Å². The van der Waals surface area contributed by atoms with Gasteiger partial charge in [-0.25, -0.2) is 0 Å². The Bertz CT molecular complexity index is 1990. The average Bonchev–Trinajstić information content (AvgIpc) is 3.08. The first-order chi connectivity index (χ1) is 21.2. The van der Waals surface area contributed by atoms with Crippen molar-refractivity contribution in [2.75, 3.05) is 7.11 Å². The quantitative estimate of drug-likeness (QED) is 0.210. The molecule has 0 bridgehead atoms. The SMILES string of the molecule is COc1ccc(C2(c3ccc(Cc4ccccc4)cc3)C=Cc3c(c4c(c5ccccc35)-c3ccccc3CC4)O2)cc1. The molecular formula is C41H32O2. The molecule has 0 radical (unpaired) electrons. The molecule has 1 aliphatic carbocycles. The maximum atomic E-state index is 7.42. The largest absolute Gasteiger partial charge is 0.497 e. The molecule has 2 aliphatic rings. The standard InChI is InChI=1S/C41H32O2/c1-42-33-22-20-32(21-23-33)41(31-18-15-29(16-19-31)27-28-9-3-2-4-10-28)26-25-37-35-13-7-8-14-36(35)39-34-12-6-5-11-30(34)17-24-38(39)40(37)43-41/h2-16,18-23,25-26H,17,24,27H2,1H3. The van der Waals surface area contributed by atoms with E-state index in [2.05, 4.69) is 127 Å². The fourth-order valence-electron chi connectivity index (χ4n) is 6.98. The van der Waals surface area contributed by atoms with E-state index < -0.39 is 5.60 Å². The number of aryl methyl sites for hydroxylation is 1. The first-order valence-corrected chi connectivity index (χ1v) is 15.1. The van der Waals surface area contributed by atoms with Crippen LogP contribution in [0, 0.1) is 0 Å². The molecule has 8 rings (SSSR count). The zero-order valence-electron chi connectivity index (χ0n) is 24.2. The van der Waals surface area contributed by atoms with Gasteiger partial charge in [0, 0.05) is 22.3 Å². The molecule has 0 saturated heterocycles. The Hall–Kier alpha value is -5.08. The molecule has 2 heteroatoms. The van der Waals surface area contributed by atoms with Crippen LogP contribution >= 0.6 is 0 Å². The Labute approximate surface area is 252 Å². The van der Waals surface area contributed by atoms with Crippen molar-refractivity contribution in [2.24, 2.45) is 0 Å². The van der Waals surface area contributed by atoms with Crippen LogP contribution in [0.5, 0.6) is 11.5 Å². The molecule has 0 N–H and O–H groups in total. The van der Waals surface area contributed by atoms with E-state index >= 15 is 0 Å². The second kappa shape index (κ2) is 10.3. The zero-order valence-corrected chi connectivity index (χ0v) is 24.2. The molecule has 208 valence electrons. The number of fused-ring (bicyclic) bond motifs is 8. The molecule has 2 nitrogen and oxygen atoms in total. The molecule has 1 aliphatic heterocycles. The highest BCUT2D eigenvalue weighted by molar-refractivity contribution is 6.06. The normalized spacial score (nSPS) is 16.6. The van der Waals surface area contributed by atoms with E-state index in [0.29, 0.717) is 0 Å². The predicted molar refractivity (Wildman–Crippen MR) is 176 cm³/mol. The molecule has 1 heterocycles. The Morgan fingerprint density at radius 3 is 2.07 bits per heavy atom. The van der Waals surface area contributed by atoms with Crippen LogP contribution in [-0.4, -0.2) is 7.11 Å². The molecule has 43 heavy (non-hydrogen) atoms. The molecule has 0 amide bonds. The third-order valence-electron chi connectivity index (χ3n) is 9.14. The second-order valence-electron chi connectivity index (χ2n) is 11.6.